The van der Waals surface area contributed by atoms with Crippen molar-refractivity contribution in [3.8, 4) is 11.5 Å². The van der Waals surface area contributed by atoms with E-state index in [0.29, 0.717) is 5.56 Å². The molecular formula is C17H15N3O2. The third-order valence-corrected chi connectivity index (χ3v) is 3.98. The fourth-order valence-corrected chi connectivity index (χ4v) is 2.85. The normalized spacial score (nSPS) is 15.7. The summed E-state index contributed by atoms with van der Waals surface area (Å²) in [4.78, 5) is 4.07. The van der Waals surface area contributed by atoms with Crippen LogP contribution in [0.4, 0.5) is 11.4 Å². The Balaban J connectivity index is 1.83. The van der Waals surface area contributed by atoms with Gasteiger partial charge in [-0.05, 0) is 24.3 Å². The molecule has 0 unspecified atom stereocenters. The summed E-state index contributed by atoms with van der Waals surface area (Å²) in [7, 11) is 1.94. The number of anilines is 2. The number of benzene rings is 2. The molecule has 0 radical (unpaired) electrons. The third kappa shape index (κ3) is 1.72. The molecule has 4 rings (SSSR count). The number of para-hydroxylation sites is 2. The molecule has 2 aromatic rings. The second-order valence-electron chi connectivity index (χ2n) is 5.31. The molecule has 3 N–H and O–H groups in total. The quantitative estimate of drug-likeness (QED) is 0.754. The van der Waals surface area contributed by atoms with E-state index in [0.717, 1.165) is 22.9 Å². The number of rotatable bonds is 1. The van der Waals surface area contributed by atoms with Crippen molar-refractivity contribution in [1.29, 1.82) is 0 Å². The average molecular weight is 293 g/mol. The predicted molar refractivity (Wildman–Crippen MR) is 86.1 cm³/mol. The minimum Gasteiger partial charge on any atom is -0.508 e. The first-order valence-corrected chi connectivity index (χ1v) is 6.98. The van der Waals surface area contributed by atoms with Gasteiger partial charge in [-0.25, -0.2) is 0 Å². The molecule has 2 aliphatic rings. The molecule has 0 atom stereocenters. The number of phenolic OH excluding ortho intramolecular Hbond substituents is 2. The van der Waals surface area contributed by atoms with Crippen LogP contribution in [0.15, 0.2) is 60.7 Å². The number of aromatic hydroxyl groups is 2. The van der Waals surface area contributed by atoms with E-state index in [9.17, 15) is 10.2 Å². The van der Waals surface area contributed by atoms with Gasteiger partial charge in [-0.15, -0.1) is 0 Å². The molecule has 0 saturated heterocycles. The van der Waals surface area contributed by atoms with Crippen molar-refractivity contribution in [3.05, 3.63) is 66.2 Å². The van der Waals surface area contributed by atoms with Gasteiger partial charge in [-0.3, -0.25) is 4.90 Å². The molecule has 0 aromatic heterocycles. The summed E-state index contributed by atoms with van der Waals surface area (Å²) >= 11 is 0. The molecule has 0 bridgehead atoms. The summed E-state index contributed by atoms with van der Waals surface area (Å²) in [5.41, 5.74) is 3.63. The fourth-order valence-electron chi connectivity index (χ4n) is 2.85. The monoisotopic (exact) mass is 293 g/mol. The maximum absolute atomic E-state index is 10.1. The Morgan fingerprint density at radius 1 is 1.05 bits per heavy atom. The first-order valence-electron chi connectivity index (χ1n) is 6.98. The van der Waals surface area contributed by atoms with Crippen molar-refractivity contribution >= 4 is 17.1 Å². The summed E-state index contributed by atoms with van der Waals surface area (Å²) in [6, 6.07) is 12.7. The van der Waals surface area contributed by atoms with Crippen molar-refractivity contribution in [2.75, 3.05) is 17.3 Å². The summed E-state index contributed by atoms with van der Waals surface area (Å²) in [6.07, 6.45) is 3.92. The highest BCUT2D eigenvalue weighted by Gasteiger charge is 2.30. The molecule has 0 spiro atoms. The second kappa shape index (κ2) is 4.46. The molecule has 2 heterocycles. The minimum absolute atomic E-state index is 0.0476. The molecule has 0 amide bonds. The summed E-state index contributed by atoms with van der Waals surface area (Å²) < 4.78 is 0. The summed E-state index contributed by atoms with van der Waals surface area (Å²) in [6.45, 7) is 0. The second-order valence-corrected chi connectivity index (χ2v) is 5.31. The first-order chi connectivity index (χ1) is 10.6. The molecule has 22 heavy (non-hydrogen) atoms. The number of phenols is 2. The number of fused-ring (bicyclic) bond motifs is 3. The Labute approximate surface area is 128 Å². The average Bonchev–Trinajstić information content (AvgIpc) is 2.85. The van der Waals surface area contributed by atoms with Crippen LogP contribution in [0.1, 0.15) is 5.56 Å². The molecule has 110 valence electrons. The van der Waals surface area contributed by atoms with Gasteiger partial charge in [0.15, 0.2) is 0 Å². The Kier molecular flexibility index (Phi) is 2.56. The van der Waals surface area contributed by atoms with E-state index in [1.54, 1.807) is 12.1 Å². The Morgan fingerprint density at radius 2 is 1.86 bits per heavy atom. The Morgan fingerprint density at radius 3 is 2.68 bits per heavy atom. The predicted octanol–water partition coefficient (Wildman–Crippen LogP) is 3.07. The summed E-state index contributed by atoms with van der Waals surface area (Å²) in [5.74, 6) is 1.08. The van der Waals surface area contributed by atoms with Crippen molar-refractivity contribution in [1.82, 2.24) is 4.90 Å². The molecule has 2 aromatic carbocycles. The van der Waals surface area contributed by atoms with Gasteiger partial charge in [0.2, 0.25) is 0 Å². The fraction of sp³-hybridized carbons (Fsp3) is 0.0588. The van der Waals surface area contributed by atoms with E-state index in [-0.39, 0.29) is 11.5 Å². The lowest BCUT2D eigenvalue weighted by molar-refractivity contribution is 0.448. The van der Waals surface area contributed by atoms with Crippen molar-refractivity contribution in [2.24, 2.45) is 0 Å². The zero-order chi connectivity index (χ0) is 15.3. The van der Waals surface area contributed by atoms with Crippen LogP contribution in [0, 0.1) is 0 Å². The van der Waals surface area contributed by atoms with Crippen LogP contribution in [0.2, 0.25) is 0 Å². The zero-order valence-corrected chi connectivity index (χ0v) is 12.0. The van der Waals surface area contributed by atoms with Crippen molar-refractivity contribution in [2.45, 2.75) is 0 Å². The maximum atomic E-state index is 10.1. The van der Waals surface area contributed by atoms with Crippen molar-refractivity contribution in [3.63, 3.8) is 0 Å². The topological polar surface area (TPSA) is 59.0 Å². The SMILES string of the molecule is CN1C(c2ccc(O)cc2O)=CN2C1=CNc1ccccc12. The van der Waals surface area contributed by atoms with E-state index < -0.39 is 0 Å². The van der Waals surface area contributed by atoms with Gasteiger partial charge in [-0.2, -0.15) is 0 Å². The van der Waals surface area contributed by atoms with Crippen molar-refractivity contribution < 1.29 is 10.2 Å². The highest BCUT2D eigenvalue weighted by atomic mass is 16.3. The maximum Gasteiger partial charge on any atom is 0.134 e. The lowest BCUT2D eigenvalue weighted by atomic mass is 10.1. The van der Waals surface area contributed by atoms with E-state index in [2.05, 4.69) is 10.2 Å². The van der Waals surface area contributed by atoms with Crippen LogP contribution < -0.4 is 10.2 Å². The first kappa shape index (κ1) is 12.6. The lowest BCUT2D eigenvalue weighted by Crippen LogP contribution is -2.25. The van der Waals surface area contributed by atoms with Gasteiger partial charge < -0.3 is 20.4 Å². The van der Waals surface area contributed by atoms with Crippen LogP contribution in [-0.2, 0) is 0 Å². The number of hydrogen-bond acceptors (Lipinski definition) is 5. The lowest BCUT2D eigenvalue weighted by Gasteiger charge is -2.29. The van der Waals surface area contributed by atoms with Gasteiger partial charge in [-0.1, -0.05) is 12.1 Å². The molecular weight excluding hydrogens is 278 g/mol. The van der Waals surface area contributed by atoms with Crippen LogP contribution in [0.25, 0.3) is 5.70 Å². The molecule has 0 aliphatic carbocycles. The van der Waals surface area contributed by atoms with Gasteiger partial charge in [0.25, 0.3) is 0 Å². The number of hydrogen-bond donors (Lipinski definition) is 3. The van der Waals surface area contributed by atoms with E-state index in [1.807, 2.05) is 48.6 Å². The van der Waals surface area contributed by atoms with E-state index in [4.69, 9.17) is 0 Å². The standard InChI is InChI=1S/C17H15N3O2/c1-19-15(12-7-6-11(21)8-16(12)22)10-20-14-5-3-2-4-13(14)18-9-17(19)20/h2-10,18,21-22H,1H3. The Hall–Kier alpha value is -3.08. The van der Waals surface area contributed by atoms with Crippen LogP contribution >= 0.6 is 0 Å². The molecule has 2 aliphatic heterocycles. The van der Waals surface area contributed by atoms with Gasteiger partial charge in [0, 0.05) is 31.1 Å². The summed E-state index contributed by atoms with van der Waals surface area (Å²) in [5, 5.41) is 22.9. The number of nitrogens with zero attached hydrogens (tertiary/aromatic N) is 2. The zero-order valence-electron chi connectivity index (χ0n) is 12.0. The van der Waals surface area contributed by atoms with Gasteiger partial charge in [0.05, 0.1) is 17.1 Å². The highest BCUT2D eigenvalue weighted by molar-refractivity contribution is 5.85. The van der Waals surface area contributed by atoms with Crippen LogP contribution in [0.3, 0.4) is 0 Å². The third-order valence-electron chi connectivity index (χ3n) is 3.98. The molecule has 0 fully saturated rings. The molecule has 0 saturated carbocycles. The minimum atomic E-state index is 0.0476. The molecule has 5 nitrogen and oxygen atoms in total. The largest absolute Gasteiger partial charge is 0.508 e. The van der Waals surface area contributed by atoms with E-state index in [1.165, 1.54) is 6.07 Å². The van der Waals surface area contributed by atoms with Gasteiger partial charge >= 0.3 is 0 Å². The molecule has 5 heteroatoms. The van der Waals surface area contributed by atoms with Crippen LogP contribution in [-0.4, -0.2) is 22.2 Å². The van der Waals surface area contributed by atoms with Crippen LogP contribution in [0.5, 0.6) is 11.5 Å². The number of nitrogens with one attached hydrogen (secondary N) is 1. The highest BCUT2D eigenvalue weighted by Crippen LogP contribution is 2.42. The Bertz CT molecular complexity index is 826. The smallest absolute Gasteiger partial charge is 0.134 e. The van der Waals surface area contributed by atoms with E-state index >= 15 is 0 Å². The van der Waals surface area contributed by atoms with Gasteiger partial charge in [0.1, 0.15) is 17.3 Å².